The summed E-state index contributed by atoms with van der Waals surface area (Å²) in [5, 5.41) is 9.80. The summed E-state index contributed by atoms with van der Waals surface area (Å²) in [6.45, 7) is 5.71. The van der Waals surface area contributed by atoms with E-state index in [1.54, 1.807) is 12.3 Å². The quantitative estimate of drug-likeness (QED) is 0.869. The molecule has 0 saturated heterocycles. The van der Waals surface area contributed by atoms with Gasteiger partial charge in [0.25, 0.3) is 0 Å². The molecule has 2 aromatic rings. The number of nitrogens with zero attached hydrogens (tertiary/aromatic N) is 2. The third kappa shape index (κ3) is 2.96. The maximum Gasteiger partial charge on any atom is 0.161 e. The SMILES string of the molecule is COc1cc(C=Nc2ccc(C)nc2C)cc(C)c1O. The predicted molar refractivity (Wildman–Crippen MR) is 80.4 cm³/mol. The fraction of sp³-hybridized carbons (Fsp3) is 0.250. The fourth-order valence-electron chi connectivity index (χ4n) is 1.96. The Balaban J connectivity index is 2.34. The number of aromatic nitrogens is 1. The van der Waals surface area contributed by atoms with E-state index in [9.17, 15) is 5.11 Å². The van der Waals surface area contributed by atoms with Gasteiger partial charge < -0.3 is 9.84 Å². The van der Waals surface area contributed by atoms with Crippen LogP contribution in [0.1, 0.15) is 22.5 Å². The Morgan fingerprint density at radius 3 is 2.60 bits per heavy atom. The summed E-state index contributed by atoms with van der Waals surface area (Å²) in [6.07, 6.45) is 1.74. The second-order valence-corrected chi connectivity index (χ2v) is 4.70. The topological polar surface area (TPSA) is 54.7 Å². The van der Waals surface area contributed by atoms with E-state index in [-0.39, 0.29) is 5.75 Å². The average molecular weight is 270 g/mol. The van der Waals surface area contributed by atoms with E-state index in [1.165, 1.54) is 7.11 Å². The van der Waals surface area contributed by atoms with Crippen LogP contribution in [0.4, 0.5) is 5.69 Å². The Kier molecular flexibility index (Phi) is 4.03. The molecule has 0 saturated carbocycles. The van der Waals surface area contributed by atoms with Crippen molar-refractivity contribution in [3.8, 4) is 11.5 Å². The van der Waals surface area contributed by atoms with Crippen LogP contribution in [0.2, 0.25) is 0 Å². The fourth-order valence-corrected chi connectivity index (χ4v) is 1.96. The Hall–Kier alpha value is -2.36. The lowest BCUT2D eigenvalue weighted by Gasteiger charge is -2.07. The van der Waals surface area contributed by atoms with Crippen molar-refractivity contribution in [1.82, 2.24) is 4.98 Å². The van der Waals surface area contributed by atoms with Crippen molar-refractivity contribution in [2.45, 2.75) is 20.8 Å². The van der Waals surface area contributed by atoms with Crippen LogP contribution in [0.5, 0.6) is 11.5 Å². The van der Waals surface area contributed by atoms with E-state index >= 15 is 0 Å². The number of ether oxygens (including phenoxy) is 1. The molecule has 0 bridgehead atoms. The van der Waals surface area contributed by atoms with Crippen molar-refractivity contribution in [3.63, 3.8) is 0 Å². The molecular formula is C16H18N2O2. The molecule has 0 amide bonds. The molecule has 0 aliphatic heterocycles. The molecule has 0 fully saturated rings. The molecule has 1 aromatic heterocycles. The summed E-state index contributed by atoms with van der Waals surface area (Å²) in [5.41, 5.74) is 4.33. The maximum atomic E-state index is 9.80. The van der Waals surface area contributed by atoms with Crippen LogP contribution in [0.3, 0.4) is 0 Å². The van der Waals surface area contributed by atoms with E-state index in [4.69, 9.17) is 4.74 Å². The summed E-state index contributed by atoms with van der Waals surface area (Å²) in [5.74, 6) is 0.614. The summed E-state index contributed by atoms with van der Waals surface area (Å²) >= 11 is 0. The van der Waals surface area contributed by atoms with Gasteiger partial charge in [0.1, 0.15) is 0 Å². The van der Waals surface area contributed by atoms with E-state index in [2.05, 4.69) is 9.98 Å². The lowest BCUT2D eigenvalue weighted by molar-refractivity contribution is 0.371. The van der Waals surface area contributed by atoms with Crippen LogP contribution < -0.4 is 4.74 Å². The molecule has 0 aliphatic carbocycles. The number of benzene rings is 1. The highest BCUT2D eigenvalue weighted by Crippen LogP contribution is 2.30. The van der Waals surface area contributed by atoms with Gasteiger partial charge in [-0.3, -0.25) is 9.98 Å². The Labute approximate surface area is 118 Å². The Bertz CT molecular complexity index is 664. The van der Waals surface area contributed by atoms with Gasteiger partial charge in [0.2, 0.25) is 0 Å². The summed E-state index contributed by atoms with van der Waals surface area (Å²) in [7, 11) is 1.53. The van der Waals surface area contributed by atoms with E-state index in [0.717, 1.165) is 28.2 Å². The molecule has 2 rings (SSSR count). The Morgan fingerprint density at radius 2 is 1.95 bits per heavy atom. The molecule has 0 radical (unpaired) electrons. The normalized spacial score (nSPS) is 11.0. The molecule has 1 aromatic carbocycles. The van der Waals surface area contributed by atoms with Gasteiger partial charge in [-0.15, -0.1) is 0 Å². The minimum absolute atomic E-state index is 0.165. The first-order chi connectivity index (χ1) is 9.51. The first-order valence-corrected chi connectivity index (χ1v) is 6.37. The smallest absolute Gasteiger partial charge is 0.161 e. The lowest BCUT2D eigenvalue weighted by atomic mass is 10.1. The third-order valence-electron chi connectivity index (χ3n) is 3.06. The largest absolute Gasteiger partial charge is 0.504 e. The van der Waals surface area contributed by atoms with Crippen LogP contribution in [-0.2, 0) is 0 Å². The minimum Gasteiger partial charge on any atom is -0.504 e. The number of phenolic OH excluding ortho intramolecular Hbond substituents is 1. The van der Waals surface area contributed by atoms with Crippen molar-refractivity contribution in [1.29, 1.82) is 0 Å². The molecule has 20 heavy (non-hydrogen) atoms. The molecule has 0 atom stereocenters. The van der Waals surface area contributed by atoms with Gasteiger partial charge in [-0.1, -0.05) is 0 Å². The molecule has 4 nitrogen and oxygen atoms in total. The van der Waals surface area contributed by atoms with Crippen LogP contribution in [0.15, 0.2) is 29.3 Å². The van der Waals surface area contributed by atoms with Gasteiger partial charge in [0.05, 0.1) is 18.5 Å². The summed E-state index contributed by atoms with van der Waals surface area (Å²) < 4.78 is 5.13. The average Bonchev–Trinajstić information content (AvgIpc) is 2.41. The third-order valence-corrected chi connectivity index (χ3v) is 3.06. The first-order valence-electron chi connectivity index (χ1n) is 6.37. The minimum atomic E-state index is 0.165. The zero-order valence-electron chi connectivity index (χ0n) is 12.1. The van der Waals surface area contributed by atoms with Crippen molar-refractivity contribution in [2.75, 3.05) is 7.11 Å². The van der Waals surface area contributed by atoms with Crippen molar-refractivity contribution < 1.29 is 9.84 Å². The van der Waals surface area contributed by atoms with Gasteiger partial charge in [-0.25, -0.2) is 0 Å². The summed E-state index contributed by atoms with van der Waals surface area (Å²) in [6, 6.07) is 7.49. The first kappa shape index (κ1) is 14.1. The van der Waals surface area contributed by atoms with Gasteiger partial charge in [0, 0.05) is 11.9 Å². The van der Waals surface area contributed by atoms with Crippen molar-refractivity contribution in [2.24, 2.45) is 4.99 Å². The second kappa shape index (κ2) is 5.74. The van der Waals surface area contributed by atoms with Gasteiger partial charge in [-0.2, -0.15) is 0 Å². The highest BCUT2D eigenvalue weighted by molar-refractivity contribution is 5.83. The van der Waals surface area contributed by atoms with Crippen LogP contribution in [0.25, 0.3) is 0 Å². The van der Waals surface area contributed by atoms with Crippen LogP contribution in [-0.4, -0.2) is 23.4 Å². The number of aryl methyl sites for hydroxylation is 3. The molecule has 1 N–H and O–H groups in total. The second-order valence-electron chi connectivity index (χ2n) is 4.70. The highest BCUT2D eigenvalue weighted by Gasteiger charge is 2.06. The predicted octanol–water partition coefficient (Wildman–Crippen LogP) is 3.47. The van der Waals surface area contributed by atoms with Gasteiger partial charge >= 0.3 is 0 Å². The number of hydrogen-bond acceptors (Lipinski definition) is 4. The molecule has 1 heterocycles. The van der Waals surface area contributed by atoms with Crippen LogP contribution >= 0.6 is 0 Å². The van der Waals surface area contributed by atoms with E-state index < -0.39 is 0 Å². The molecule has 104 valence electrons. The number of aliphatic imine (C=N–C) groups is 1. The summed E-state index contributed by atoms with van der Waals surface area (Å²) in [4.78, 5) is 8.81. The zero-order valence-corrected chi connectivity index (χ0v) is 12.1. The molecule has 0 unspecified atom stereocenters. The van der Waals surface area contributed by atoms with E-state index in [1.807, 2.05) is 39.0 Å². The van der Waals surface area contributed by atoms with Crippen molar-refractivity contribution in [3.05, 3.63) is 46.8 Å². The highest BCUT2D eigenvalue weighted by atomic mass is 16.5. The van der Waals surface area contributed by atoms with Gasteiger partial charge in [0.15, 0.2) is 11.5 Å². The standard InChI is InChI=1S/C16H18N2O2/c1-10-7-13(8-15(20-4)16(10)19)9-17-14-6-5-11(2)18-12(14)3/h5-9,19H,1-4H3. The maximum absolute atomic E-state index is 9.80. The molecule has 0 aliphatic rings. The molecular weight excluding hydrogens is 252 g/mol. The number of methoxy groups -OCH3 is 1. The Morgan fingerprint density at radius 1 is 1.20 bits per heavy atom. The molecule has 0 spiro atoms. The monoisotopic (exact) mass is 270 g/mol. The number of phenols is 1. The number of rotatable bonds is 3. The molecule has 4 heteroatoms. The number of hydrogen-bond donors (Lipinski definition) is 1. The number of aromatic hydroxyl groups is 1. The van der Waals surface area contributed by atoms with E-state index in [0.29, 0.717) is 5.75 Å². The number of pyridine rings is 1. The zero-order chi connectivity index (χ0) is 14.7. The van der Waals surface area contributed by atoms with Crippen molar-refractivity contribution >= 4 is 11.9 Å². The van der Waals surface area contributed by atoms with Crippen LogP contribution in [0, 0.1) is 20.8 Å². The lowest BCUT2D eigenvalue weighted by Crippen LogP contribution is -1.91. The van der Waals surface area contributed by atoms with Gasteiger partial charge in [-0.05, 0) is 56.2 Å².